The van der Waals surface area contributed by atoms with Gasteiger partial charge in [-0.2, -0.15) is 0 Å². The van der Waals surface area contributed by atoms with Crippen LogP contribution in [-0.4, -0.2) is 29.9 Å². The number of hydrogen-bond donors (Lipinski definition) is 1. The van der Waals surface area contributed by atoms with E-state index in [1.165, 1.54) is 6.42 Å². The number of carbonyl (C=O) groups excluding carboxylic acids is 1. The van der Waals surface area contributed by atoms with Crippen molar-refractivity contribution in [2.45, 2.75) is 52.5 Å². The highest BCUT2D eigenvalue weighted by Gasteiger charge is 2.38. The van der Waals surface area contributed by atoms with Crippen LogP contribution in [0.1, 0.15) is 46.5 Å². The zero-order valence-electron chi connectivity index (χ0n) is 12.1. The van der Waals surface area contributed by atoms with Gasteiger partial charge in [0, 0.05) is 19.1 Å². The molecule has 3 nitrogen and oxygen atoms in total. The van der Waals surface area contributed by atoms with Gasteiger partial charge in [0.15, 0.2) is 0 Å². The lowest BCUT2D eigenvalue weighted by Crippen LogP contribution is -2.52. The Labute approximate surface area is 111 Å². The second kappa shape index (κ2) is 5.60. The number of likely N-dealkylation sites (tertiary alicyclic amines) is 1. The fraction of sp³-hybridized carbons (Fsp3) is 0.933. The topological polar surface area (TPSA) is 46.3 Å². The van der Waals surface area contributed by atoms with Gasteiger partial charge >= 0.3 is 0 Å². The van der Waals surface area contributed by atoms with Crippen molar-refractivity contribution in [3.63, 3.8) is 0 Å². The van der Waals surface area contributed by atoms with Gasteiger partial charge in [0.1, 0.15) is 0 Å². The number of hydrogen-bond acceptors (Lipinski definition) is 2. The quantitative estimate of drug-likeness (QED) is 0.778. The van der Waals surface area contributed by atoms with Crippen LogP contribution < -0.4 is 5.73 Å². The first-order chi connectivity index (χ1) is 8.50. The van der Waals surface area contributed by atoms with E-state index >= 15 is 0 Å². The average Bonchev–Trinajstić information content (AvgIpc) is 2.32. The molecule has 104 valence electrons. The van der Waals surface area contributed by atoms with Crippen LogP contribution in [0.15, 0.2) is 0 Å². The monoisotopic (exact) mass is 252 g/mol. The van der Waals surface area contributed by atoms with Gasteiger partial charge in [0.2, 0.25) is 5.91 Å². The highest BCUT2D eigenvalue weighted by Crippen LogP contribution is 2.32. The van der Waals surface area contributed by atoms with E-state index in [-0.39, 0.29) is 12.0 Å². The van der Waals surface area contributed by atoms with Crippen LogP contribution in [0.2, 0.25) is 0 Å². The maximum Gasteiger partial charge on any atom is 0.227 e. The van der Waals surface area contributed by atoms with E-state index in [4.69, 9.17) is 5.73 Å². The largest absolute Gasteiger partial charge is 0.342 e. The first-order valence-electron chi connectivity index (χ1n) is 7.55. The van der Waals surface area contributed by atoms with Crippen LogP contribution in [0.5, 0.6) is 0 Å². The van der Waals surface area contributed by atoms with Crippen molar-refractivity contribution in [2.75, 3.05) is 13.1 Å². The molecule has 1 saturated carbocycles. The highest BCUT2D eigenvalue weighted by molar-refractivity contribution is 5.80. The third-order valence-electron chi connectivity index (χ3n) is 5.20. The molecule has 0 aromatic heterocycles. The van der Waals surface area contributed by atoms with Crippen molar-refractivity contribution in [3.05, 3.63) is 0 Å². The minimum atomic E-state index is 0.0688. The fourth-order valence-electron chi connectivity index (χ4n) is 3.56. The molecule has 0 aromatic carbocycles. The molecule has 18 heavy (non-hydrogen) atoms. The molecule has 2 N–H and O–H groups in total. The van der Waals surface area contributed by atoms with Gasteiger partial charge in [-0.15, -0.1) is 0 Å². The van der Waals surface area contributed by atoms with E-state index < -0.39 is 0 Å². The van der Waals surface area contributed by atoms with E-state index in [0.717, 1.165) is 38.3 Å². The second-order valence-electron chi connectivity index (χ2n) is 6.63. The van der Waals surface area contributed by atoms with Gasteiger partial charge in [-0.3, -0.25) is 4.79 Å². The minimum Gasteiger partial charge on any atom is -0.342 e. The number of rotatable bonds is 1. The molecule has 1 aliphatic heterocycles. The molecule has 0 spiro atoms. The molecule has 0 aromatic rings. The Morgan fingerprint density at radius 2 is 1.78 bits per heavy atom. The van der Waals surface area contributed by atoms with Gasteiger partial charge in [-0.25, -0.2) is 0 Å². The minimum absolute atomic E-state index is 0.0688. The highest BCUT2D eigenvalue weighted by atomic mass is 16.2. The Bertz CT molecular complexity index is 295. The standard InChI is InChI=1S/C15H28N2O/c1-10-7-8-17(9-12(10)3)15(18)14-11(2)5-4-6-13(14)16/h10-14H,4-9,16H2,1-3H3. The normalized spacial score (nSPS) is 41.8. The maximum atomic E-state index is 12.7. The smallest absolute Gasteiger partial charge is 0.227 e. The molecule has 1 heterocycles. The fourth-order valence-corrected chi connectivity index (χ4v) is 3.56. The van der Waals surface area contributed by atoms with Crippen LogP contribution in [0.25, 0.3) is 0 Å². The molecular formula is C15H28N2O. The van der Waals surface area contributed by atoms with Crippen molar-refractivity contribution >= 4 is 5.91 Å². The summed E-state index contributed by atoms with van der Waals surface area (Å²) in [6.45, 7) is 8.60. The Morgan fingerprint density at radius 1 is 1.06 bits per heavy atom. The predicted molar refractivity (Wildman–Crippen MR) is 74.0 cm³/mol. The molecule has 1 saturated heterocycles. The zero-order valence-corrected chi connectivity index (χ0v) is 12.1. The van der Waals surface area contributed by atoms with Crippen molar-refractivity contribution in [1.29, 1.82) is 0 Å². The lowest BCUT2D eigenvalue weighted by atomic mass is 9.76. The Balaban J connectivity index is 2.01. The number of amides is 1. The zero-order chi connectivity index (χ0) is 13.3. The molecule has 2 rings (SSSR count). The lowest BCUT2D eigenvalue weighted by molar-refractivity contribution is -0.141. The molecule has 3 heteroatoms. The van der Waals surface area contributed by atoms with E-state index in [9.17, 15) is 4.79 Å². The number of nitrogens with zero attached hydrogens (tertiary/aromatic N) is 1. The first-order valence-corrected chi connectivity index (χ1v) is 7.55. The molecule has 0 radical (unpaired) electrons. The van der Waals surface area contributed by atoms with Crippen LogP contribution in [0.3, 0.4) is 0 Å². The van der Waals surface area contributed by atoms with E-state index in [1.54, 1.807) is 0 Å². The summed E-state index contributed by atoms with van der Waals surface area (Å²) in [5, 5.41) is 0. The summed E-state index contributed by atoms with van der Waals surface area (Å²) >= 11 is 0. The molecule has 2 aliphatic rings. The summed E-state index contributed by atoms with van der Waals surface area (Å²) < 4.78 is 0. The van der Waals surface area contributed by atoms with Gasteiger partial charge in [0.25, 0.3) is 0 Å². The SMILES string of the molecule is CC1CCN(C(=O)C2C(C)CCCC2N)CC1C. The molecule has 1 aliphatic carbocycles. The predicted octanol–water partition coefficient (Wildman–Crippen LogP) is 2.25. The number of carbonyl (C=O) groups is 1. The van der Waals surface area contributed by atoms with Gasteiger partial charge < -0.3 is 10.6 Å². The Hall–Kier alpha value is -0.570. The Kier molecular flexibility index (Phi) is 4.31. The van der Waals surface area contributed by atoms with Crippen LogP contribution in [0, 0.1) is 23.7 Å². The second-order valence-corrected chi connectivity index (χ2v) is 6.63. The number of piperidine rings is 1. The Morgan fingerprint density at radius 3 is 2.39 bits per heavy atom. The summed E-state index contributed by atoms with van der Waals surface area (Å²) in [5.41, 5.74) is 6.19. The summed E-state index contributed by atoms with van der Waals surface area (Å²) in [6.07, 6.45) is 4.49. The van der Waals surface area contributed by atoms with Crippen molar-refractivity contribution in [2.24, 2.45) is 29.4 Å². The molecule has 5 unspecified atom stereocenters. The van der Waals surface area contributed by atoms with E-state index in [1.807, 2.05) is 0 Å². The summed E-state index contributed by atoms with van der Waals surface area (Å²) in [6, 6.07) is 0.0795. The number of nitrogens with two attached hydrogens (primary N) is 1. The van der Waals surface area contributed by atoms with E-state index in [0.29, 0.717) is 17.7 Å². The maximum absolute atomic E-state index is 12.7. The van der Waals surface area contributed by atoms with Crippen molar-refractivity contribution in [1.82, 2.24) is 4.90 Å². The summed E-state index contributed by atoms with van der Waals surface area (Å²) in [5.74, 6) is 2.22. The van der Waals surface area contributed by atoms with Crippen LogP contribution in [0.4, 0.5) is 0 Å². The van der Waals surface area contributed by atoms with Crippen LogP contribution >= 0.6 is 0 Å². The molecule has 5 atom stereocenters. The first kappa shape index (κ1) is 13.9. The third-order valence-corrected chi connectivity index (χ3v) is 5.20. The van der Waals surface area contributed by atoms with Crippen LogP contribution in [-0.2, 0) is 4.79 Å². The van der Waals surface area contributed by atoms with Crippen molar-refractivity contribution < 1.29 is 4.79 Å². The van der Waals surface area contributed by atoms with Gasteiger partial charge in [-0.1, -0.05) is 27.2 Å². The van der Waals surface area contributed by atoms with E-state index in [2.05, 4.69) is 25.7 Å². The van der Waals surface area contributed by atoms with Gasteiger partial charge in [0.05, 0.1) is 5.92 Å². The third kappa shape index (κ3) is 2.71. The molecule has 1 amide bonds. The van der Waals surface area contributed by atoms with Gasteiger partial charge in [-0.05, 0) is 37.0 Å². The molecule has 2 fully saturated rings. The molecule has 0 bridgehead atoms. The summed E-state index contributed by atoms with van der Waals surface area (Å²) in [4.78, 5) is 14.8. The lowest BCUT2D eigenvalue weighted by Gasteiger charge is -2.41. The molecular weight excluding hydrogens is 224 g/mol. The average molecular weight is 252 g/mol. The summed E-state index contributed by atoms with van der Waals surface area (Å²) in [7, 11) is 0. The van der Waals surface area contributed by atoms with Crippen molar-refractivity contribution in [3.8, 4) is 0 Å².